The molecule has 0 amide bonds. The second-order valence-electron chi connectivity index (χ2n) is 6.41. The van der Waals surface area contributed by atoms with Gasteiger partial charge in [0.05, 0.1) is 15.9 Å². The van der Waals surface area contributed by atoms with Gasteiger partial charge in [0.15, 0.2) is 0 Å². The number of carbonyl (C=O) groups is 1. The molecule has 0 aliphatic carbocycles. The summed E-state index contributed by atoms with van der Waals surface area (Å²) in [5.74, 6) is -1.77. The van der Waals surface area contributed by atoms with Crippen molar-refractivity contribution < 1.29 is 22.7 Å². The highest BCUT2D eigenvalue weighted by Crippen LogP contribution is 2.37. The van der Waals surface area contributed by atoms with Crippen LogP contribution in [0, 0.1) is 17.1 Å². The number of carboxylic acid groups (broad SMARTS) is 1. The third kappa shape index (κ3) is 3.31. The molecule has 1 aliphatic rings. The highest BCUT2D eigenvalue weighted by Gasteiger charge is 2.45. The number of rotatable bonds is 4. The van der Waals surface area contributed by atoms with E-state index in [0.717, 1.165) is 18.2 Å². The van der Waals surface area contributed by atoms with Crippen LogP contribution in [-0.2, 0) is 20.2 Å². The molecule has 0 spiro atoms. The van der Waals surface area contributed by atoms with Gasteiger partial charge >= 0.3 is 5.97 Å². The van der Waals surface area contributed by atoms with Crippen LogP contribution in [0.3, 0.4) is 0 Å². The number of hydrogen-bond acceptors (Lipinski definition) is 4. The van der Waals surface area contributed by atoms with E-state index in [4.69, 9.17) is 5.26 Å². The zero-order valence-corrected chi connectivity index (χ0v) is 15.1. The van der Waals surface area contributed by atoms with E-state index in [-0.39, 0.29) is 36.4 Å². The number of aliphatic carboxylic acids is 1. The monoisotopic (exact) mass is 388 g/mol. The minimum absolute atomic E-state index is 0.0167. The molecule has 140 valence electrons. The van der Waals surface area contributed by atoms with Gasteiger partial charge in [-0.2, -0.15) is 9.57 Å². The first-order valence-electron chi connectivity index (χ1n) is 8.30. The molecule has 1 aliphatic heterocycles. The van der Waals surface area contributed by atoms with E-state index < -0.39 is 27.2 Å². The lowest BCUT2D eigenvalue weighted by Gasteiger charge is -2.38. The zero-order valence-electron chi connectivity index (χ0n) is 14.3. The van der Waals surface area contributed by atoms with Gasteiger partial charge in [0.1, 0.15) is 11.9 Å². The van der Waals surface area contributed by atoms with Gasteiger partial charge in [-0.25, -0.2) is 12.8 Å². The lowest BCUT2D eigenvalue weighted by molar-refractivity contribution is -0.145. The average Bonchev–Trinajstić information content (AvgIpc) is 2.68. The summed E-state index contributed by atoms with van der Waals surface area (Å²) >= 11 is 0. The predicted octanol–water partition coefficient (Wildman–Crippen LogP) is 2.50. The predicted molar refractivity (Wildman–Crippen MR) is 94.9 cm³/mol. The van der Waals surface area contributed by atoms with Gasteiger partial charge in [0.25, 0.3) is 0 Å². The maximum atomic E-state index is 13.5. The van der Waals surface area contributed by atoms with E-state index in [1.165, 1.54) is 4.31 Å². The Morgan fingerprint density at radius 1 is 1.15 bits per heavy atom. The Labute approximate surface area is 156 Å². The zero-order chi connectivity index (χ0) is 19.7. The van der Waals surface area contributed by atoms with E-state index in [1.807, 2.05) is 0 Å². The maximum Gasteiger partial charge on any atom is 0.314 e. The summed E-state index contributed by atoms with van der Waals surface area (Å²) in [5, 5.41) is 18.7. The van der Waals surface area contributed by atoms with Crippen LogP contribution in [0.15, 0.2) is 53.4 Å². The molecule has 1 saturated heterocycles. The molecule has 0 atom stereocenters. The van der Waals surface area contributed by atoms with Crippen LogP contribution in [0.2, 0.25) is 0 Å². The molecule has 8 heteroatoms. The Morgan fingerprint density at radius 3 is 2.33 bits per heavy atom. The van der Waals surface area contributed by atoms with Crippen LogP contribution in [0.25, 0.3) is 0 Å². The SMILES string of the molecule is N#Cc1cc(S(=O)(=O)N2CCC(C(=O)O)(c3ccccc3)CC2)ccc1F. The number of benzene rings is 2. The van der Waals surface area contributed by atoms with Crippen LogP contribution >= 0.6 is 0 Å². The molecule has 0 bridgehead atoms. The number of halogens is 1. The highest BCUT2D eigenvalue weighted by atomic mass is 32.2. The van der Waals surface area contributed by atoms with Gasteiger partial charge in [0.2, 0.25) is 10.0 Å². The average molecular weight is 388 g/mol. The summed E-state index contributed by atoms with van der Waals surface area (Å²) < 4.78 is 40.3. The molecular formula is C19H17FN2O4S. The number of piperidine rings is 1. The molecule has 0 saturated carbocycles. The second kappa shape index (κ2) is 7.10. The number of hydrogen-bond donors (Lipinski definition) is 1. The summed E-state index contributed by atoms with van der Waals surface area (Å²) in [6.45, 7) is 0.0333. The molecule has 6 nitrogen and oxygen atoms in total. The van der Waals surface area contributed by atoms with Crippen molar-refractivity contribution in [2.24, 2.45) is 0 Å². The molecule has 0 unspecified atom stereocenters. The lowest BCUT2D eigenvalue weighted by atomic mass is 9.73. The minimum atomic E-state index is -3.95. The van der Waals surface area contributed by atoms with E-state index in [9.17, 15) is 22.7 Å². The smallest absolute Gasteiger partial charge is 0.314 e. The van der Waals surface area contributed by atoms with Gasteiger partial charge in [-0.1, -0.05) is 30.3 Å². The number of carboxylic acids is 1. The van der Waals surface area contributed by atoms with Crippen LogP contribution in [0.1, 0.15) is 24.0 Å². The van der Waals surface area contributed by atoms with Crippen LogP contribution in [0.5, 0.6) is 0 Å². The van der Waals surface area contributed by atoms with Crippen molar-refractivity contribution in [2.75, 3.05) is 13.1 Å². The van der Waals surface area contributed by atoms with Crippen molar-refractivity contribution in [2.45, 2.75) is 23.2 Å². The number of nitriles is 1. The molecule has 2 aromatic rings. The van der Waals surface area contributed by atoms with Crippen LogP contribution in [0.4, 0.5) is 4.39 Å². The molecular weight excluding hydrogens is 371 g/mol. The van der Waals surface area contributed by atoms with Gasteiger partial charge in [0, 0.05) is 13.1 Å². The summed E-state index contributed by atoms with van der Waals surface area (Å²) in [7, 11) is -3.95. The molecule has 27 heavy (non-hydrogen) atoms. The fourth-order valence-corrected chi connectivity index (χ4v) is 4.86. The molecule has 0 radical (unpaired) electrons. The van der Waals surface area contributed by atoms with E-state index in [2.05, 4.69) is 0 Å². The summed E-state index contributed by atoms with van der Waals surface area (Å²) in [4.78, 5) is 11.8. The molecule has 1 fully saturated rings. The molecule has 2 aromatic carbocycles. The Balaban J connectivity index is 1.88. The number of nitrogens with zero attached hydrogens (tertiary/aromatic N) is 2. The maximum absolute atomic E-state index is 13.5. The highest BCUT2D eigenvalue weighted by molar-refractivity contribution is 7.89. The molecule has 1 heterocycles. The summed E-state index contributed by atoms with van der Waals surface area (Å²) in [6, 6.07) is 13.5. The minimum Gasteiger partial charge on any atom is -0.481 e. The fraction of sp³-hybridized carbons (Fsp3) is 0.263. The third-order valence-electron chi connectivity index (χ3n) is 5.01. The van der Waals surface area contributed by atoms with Crippen molar-refractivity contribution in [3.8, 4) is 6.07 Å². The van der Waals surface area contributed by atoms with Crippen molar-refractivity contribution in [3.05, 3.63) is 65.5 Å². The van der Waals surface area contributed by atoms with Crippen molar-refractivity contribution in [1.82, 2.24) is 4.31 Å². The normalized spacial score (nSPS) is 17.2. The summed E-state index contributed by atoms with van der Waals surface area (Å²) in [6.07, 6.45) is 0.246. The first-order chi connectivity index (χ1) is 12.8. The topological polar surface area (TPSA) is 98.5 Å². The van der Waals surface area contributed by atoms with E-state index in [1.54, 1.807) is 36.4 Å². The van der Waals surface area contributed by atoms with Crippen molar-refractivity contribution in [1.29, 1.82) is 5.26 Å². The van der Waals surface area contributed by atoms with Gasteiger partial charge < -0.3 is 5.11 Å². The van der Waals surface area contributed by atoms with Gasteiger partial charge in [-0.3, -0.25) is 4.79 Å². The Kier molecular flexibility index (Phi) is 5.00. The second-order valence-corrected chi connectivity index (χ2v) is 8.35. The quantitative estimate of drug-likeness (QED) is 0.868. The molecule has 3 rings (SSSR count). The van der Waals surface area contributed by atoms with E-state index in [0.29, 0.717) is 5.56 Å². The first kappa shape index (κ1) is 19.0. The number of sulfonamides is 1. The molecule has 1 N–H and O–H groups in total. The Bertz CT molecular complexity index is 1010. The third-order valence-corrected chi connectivity index (χ3v) is 6.90. The lowest BCUT2D eigenvalue weighted by Crippen LogP contribution is -2.49. The van der Waals surface area contributed by atoms with Crippen molar-refractivity contribution in [3.63, 3.8) is 0 Å². The fourth-order valence-electron chi connectivity index (χ4n) is 3.39. The van der Waals surface area contributed by atoms with Crippen LogP contribution in [-0.4, -0.2) is 36.9 Å². The Hall–Kier alpha value is -2.76. The first-order valence-corrected chi connectivity index (χ1v) is 9.74. The largest absolute Gasteiger partial charge is 0.481 e. The van der Waals surface area contributed by atoms with E-state index >= 15 is 0 Å². The standard InChI is InChI=1S/C19H17FN2O4S/c20-17-7-6-16(12-14(17)13-21)27(25,26)22-10-8-19(9-11-22,18(23)24)15-4-2-1-3-5-15/h1-7,12H,8-11H2,(H,23,24). The van der Waals surface area contributed by atoms with Crippen LogP contribution < -0.4 is 0 Å². The van der Waals surface area contributed by atoms with Gasteiger partial charge in [-0.15, -0.1) is 0 Å². The van der Waals surface area contributed by atoms with Gasteiger partial charge in [-0.05, 0) is 36.6 Å². The summed E-state index contributed by atoms with van der Waals surface area (Å²) in [5.41, 5.74) is -0.853. The van der Waals surface area contributed by atoms with Crippen molar-refractivity contribution >= 4 is 16.0 Å². The Morgan fingerprint density at radius 2 is 1.78 bits per heavy atom. The molecule has 0 aromatic heterocycles.